The van der Waals surface area contributed by atoms with Crippen molar-refractivity contribution in [3.8, 4) is 11.4 Å². The first-order valence-corrected chi connectivity index (χ1v) is 13.3. The average molecular weight is 626 g/mol. The summed E-state index contributed by atoms with van der Waals surface area (Å²) in [6, 6.07) is 19.5. The van der Waals surface area contributed by atoms with E-state index in [0.717, 1.165) is 22.9 Å². The number of aliphatic hydroxyl groups excluding tert-OH is 1. The largest absolute Gasteiger partial charge is 0.444 e. The van der Waals surface area contributed by atoms with Gasteiger partial charge in [0.1, 0.15) is 24.7 Å². The zero-order chi connectivity index (χ0) is 32.6. The van der Waals surface area contributed by atoms with Crippen LogP contribution in [-0.4, -0.2) is 49.9 Å². The van der Waals surface area contributed by atoms with Crippen LogP contribution >= 0.6 is 0 Å². The first-order valence-electron chi connectivity index (χ1n) is 13.3. The minimum absolute atomic E-state index is 0.123. The smallest absolute Gasteiger partial charge is 0.416 e. The predicted octanol–water partition coefficient (Wildman–Crippen LogP) is 4.22. The number of carbonyl (C=O) groups is 2. The number of ether oxygens (including phenoxy) is 1. The van der Waals surface area contributed by atoms with Crippen molar-refractivity contribution in [3.63, 3.8) is 0 Å². The molecule has 0 radical (unpaired) electrons. The number of aliphatic hydroxyl groups is 1. The van der Waals surface area contributed by atoms with Gasteiger partial charge in [0.05, 0.1) is 17.2 Å². The lowest BCUT2D eigenvalue weighted by molar-refractivity contribution is -0.384. The van der Waals surface area contributed by atoms with E-state index >= 15 is 0 Å². The van der Waals surface area contributed by atoms with Crippen molar-refractivity contribution >= 4 is 23.4 Å². The summed E-state index contributed by atoms with van der Waals surface area (Å²) in [5.41, 5.74) is -0.436. The van der Waals surface area contributed by atoms with Gasteiger partial charge in [-0.15, -0.1) is 0 Å². The van der Waals surface area contributed by atoms with E-state index in [1.807, 2.05) is 0 Å². The Bertz CT molecular complexity index is 1700. The molecule has 2 atom stereocenters. The molecule has 0 bridgehead atoms. The Morgan fingerprint density at radius 2 is 1.58 bits per heavy atom. The highest BCUT2D eigenvalue weighted by Gasteiger charge is 2.44. The highest BCUT2D eigenvalue weighted by molar-refractivity contribution is 5.84. The molecular weight excluding hydrogens is 599 g/mol. The highest BCUT2D eigenvalue weighted by atomic mass is 19.4. The van der Waals surface area contributed by atoms with E-state index in [2.05, 4.69) is 15.6 Å². The van der Waals surface area contributed by atoms with Crippen LogP contribution in [0.3, 0.4) is 0 Å². The number of non-ortho nitro benzene ring substituents is 1. The van der Waals surface area contributed by atoms with Gasteiger partial charge in [-0.25, -0.2) is 9.78 Å². The van der Waals surface area contributed by atoms with Crippen molar-refractivity contribution in [2.45, 2.75) is 37.9 Å². The summed E-state index contributed by atoms with van der Waals surface area (Å²) >= 11 is 0. The van der Waals surface area contributed by atoms with Crippen molar-refractivity contribution < 1.29 is 37.5 Å². The molecule has 0 aliphatic carbocycles. The summed E-state index contributed by atoms with van der Waals surface area (Å²) in [6.45, 7) is -1.01. The summed E-state index contributed by atoms with van der Waals surface area (Å²) in [4.78, 5) is 53.6. The molecule has 1 aromatic heterocycles. The normalized spacial score (nSPS) is 12.5. The molecule has 0 aliphatic rings. The van der Waals surface area contributed by atoms with Gasteiger partial charge < -0.3 is 15.2 Å². The molecule has 0 saturated carbocycles. The number of nitrogens with one attached hydrogen (secondary N) is 2. The number of amides is 2. The van der Waals surface area contributed by atoms with Crippen LogP contribution in [0.1, 0.15) is 11.1 Å². The molecule has 15 heteroatoms. The molecule has 0 saturated heterocycles. The lowest BCUT2D eigenvalue weighted by Crippen LogP contribution is -2.52. The van der Waals surface area contributed by atoms with Crippen LogP contribution in [0.25, 0.3) is 11.4 Å². The fourth-order valence-electron chi connectivity index (χ4n) is 4.29. The topological polar surface area (TPSA) is 166 Å². The Morgan fingerprint density at radius 3 is 2.16 bits per heavy atom. The second-order valence-corrected chi connectivity index (χ2v) is 9.73. The second kappa shape index (κ2) is 14.3. The Balaban J connectivity index is 1.63. The van der Waals surface area contributed by atoms with Gasteiger partial charge in [0.2, 0.25) is 5.91 Å². The SMILES string of the molecule is O=C(Cn1c(-c2ccc([N+](=O)[O-])cc2)ncc(NC(=O)OCc2ccccc2)c1=O)NC(Cc1ccccc1)C(O)C(F)(F)F. The van der Waals surface area contributed by atoms with Gasteiger partial charge in [-0.1, -0.05) is 60.7 Å². The van der Waals surface area contributed by atoms with Gasteiger partial charge in [-0.2, -0.15) is 13.2 Å². The van der Waals surface area contributed by atoms with E-state index in [1.165, 1.54) is 24.3 Å². The number of nitrogens with zero attached hydrogens (tertiary/aromatic N) is 3. The number of alkyl halides is 3. The first kappa shape index (κ1) is 32.3. The van der Waals surface area contributed by atoms with E-state index in [9.17, 15) is 42.8 Å². The molecule has 45 heavy (non-hydrogen) atoms. The Labute approximate surface area is 253 Å². The van der Waals surface area contributed by atoms with Crippen LogP contribution in [-0.2, 0) is 29.1 Å². The monoisotopic (exact) mass is 625 g/mol. The number of anilines is 1. The molecule has 4 rings (SSSR count). The van der Waals surface area contributed by atoms with Gasteiger partial charge >= 0.3 is 12.3 Å². The molecule has 234 valence electrons. The Morgan fingerprint density at radius 1 is 0.978 bits per heavy atom. The summed E-state index contributed by atoms with van der Waals surface area (Å²) in [6.07, 6.45) is -8.42. The molecule has 0 fully saturated rings. The Hall–Kier alpha value is -5.57. The van der Waals surface area contributed by atoms with Crippen LogP contribution in [0.15, 0.2) is 95.9 Å². The second-order valence-electron chi connectivity index (χ2n) is 9.73. The van der Waals surface area contributed by atoms with Crippen LogP contribution in [0, 0.1) is 10.1 Å². The lowest BCUT2D eigenvalue weighted by atomic mass is 10.0. The van der Waals surface area contributed by atoms with Crippen molar-refractivity contribution in [1.29, 1.82) is 0 Å². The van der Waals surface area contributed by atoms with E-state index in [-0.39, 0.29) is 30.1 Å². The van der Waals surface area contributed by atoms with Crippen LogP contribution in [0.5, 0.6) is 0 Å². The highest BCUT2D eigenvalue weighted by Crippen LogP contribution is 2.25. The van der Waals surface area contributed by atoms with Crippen molar-refractivity contribution in [2.24, 2.45) is 0 Å². The summed E-state index contributed by atoms with van der Waals surface area (Å²) in [5.74, 6) is -1.26. The molecule has 3 N–H and O–H groups in total. The van der Waals surface area contributed by atoms with Crippen molar-refractivity contribution in [2.75, 3.05) is 5.32 Å². The maximum Gasteiger partial charge on any atom is 0.416 e. The molecule has 0 spiro atoms. The first-order chi connectivity index (χ1) is 21.4. The number of benzene rings is 3. The van der Waals surface area contributed by atoms with Crippen LogP contribution in [0.2, 0.25) is 0 Å². The van der Waals surface area contributed by atoms with Crippen LogP contribution < -0.4 is 16.2 Å². The maximum absolute atomic E-state index is 13.5. The van der Waals surface area contributed by atoms with Crippen molar-refractivity contribution in [3.05, 3.63) is 123 Å². The molecule has 1 heterocycles. The number of rotatable bonds is 11. The molecule has 4 aromatic rings. The zero-order valence-electron chi connectivity index (χ0n) is 23.3. The molecule has 12 nitrogen and oxygen atoms in total. The number of halogens is 3. The lowest BCUT2D eigenvalue weighted by Gasteiger charge is -2.26. The molecule has 3 aromatic carbocycles. The van der Waals surface area contributed by atoms with E-state index in [1.54, 1.807) is 48.5 Å². The molecule has 2 amide bonds. The quantitative estimate of drug-likeness (QED) is 0.165. The van der Waals surface area contributed by atoms with Gasteiger partial charge in [0.25, 0.3) is 11.2 Å². The van der Waals surface area contributed by atoms with E-state index < -0.39 is 53.0 Å². The van der Waals surface area contributed by atoms with E-state index in [0.29, 0.717) is 11.1 Å². The van der Waals surface area contributed by atoms with E-state index in [4.69, 9.17) is 4.74 Å². The summed E-state index contributed by atoms with van der Waals surface area (Å²) in [5, 5.41) is 25.5. The minimum atomic E-state index is -5.07. The number of aromatic nitrogens is 2. The van der Waals surface area contributed by atoms with Crippen LogP contribution in [0.4, 0.5) is 29.3 Å². The Kier molecular flexibility index (Phi) is 10.3. The maximum atomic E-state index is 13.5. The fourth-order valence-corrected chi connectivity index (χ4v) is 4.29. The average Bonchev–Trinajstić information content (AvgIpc) is 3.02. The third-order valence-corrected chi connectivity index (χ3v) is 6.50. The summed E-state index contributed by atoms with van der Waals surface area (Å²) in [7, 11) is 0. The van der Waals surface area contributed by atoms with Gasteiger partial charge in [0, 0.05) is 17.7 Å². The third kappa shape index (κ3) is 8.73. The van der Waals surface area contributed by atoms with Crippen molar-refractivity contribution in [1.82, 2.24) is 14.9 Å². The van der Waals surface area contributed by atoms with Gasteiger partial charge in [-0.05, 0) is 29.7 Å². The standard InChI is InChI=1S/C30H26F3N5O7/c31-30(32,33)26(40)23(15-19-7-3-1-4-8-19)35-25(39)17-37-27(21-11-13-22(14-12-21)38(43)44)34-16-24(28(37)41)36-29(42)45-18-20-9-5-2-6-10-20/h1-14,16,23,26,40H,15,17-18H2,(H,35,39)(H,36,42). The number of nitro groups is 1. The number of hydrogen-bond acceptors (Lipinski definition) is 8. The van der Waals surface area contributed by atoms with Gasteiger partial charge in [-0.3, -0.25) is 29.6 Å². The molecule has 0 aliphatic heterocycles. The van der Waals surface area contributed by atoms with Gasteiger partial charge in [0.15, 0.2) is 6.10 Å². The zero-order valence-corrected chi connectivity index (χ0v) is 23.3. The molecule has 2 unspecified atom stereocenters. The predicted molar refractivity (Wildman–Crippen MR) is 155 cm³/mol. The number of nitro benzene ring substituents is 1. The molecular formula is C30H26F3N5O7. The number of hydrogen-bond donors (Lipinski definition) is 3. The summed E-state index contributed by atoms with van der Waals surface area (Å²) < 4.78 is 46.4. The minimum Gasteiger partial charge on any atom is -0.444 e. The number of carbonyl (C=O) groups excluding carboxylic acids is 2. The fraction of sp³-hybridized carbons (Fsp3) is 0.200. The third-order valence-electron chi connectivity index (χ3n) is 6.50.